The Bertz CT molecular complexity index is 519. The highest BCUT2D eigenvalue weighted by molar-refractivity contribution is 7.09. The highest BCUT2D eigenvalue weighted by atomic mass is 32.1. The third-order valence-corrected chi connectivity index (χ3v) is 3.36. The number of carbonyl (C=O) groups excluding carboxylic acids is 1. The van der Waals surface area contributed by atoms with Crippen LogP contribution in [0.4, 0.5) is 5.82 Å². The summed E-state index contributed by atoms with van der Waals surface area (Å²) in [6.07, 6.45) is 3.17. The summed E-state index contributed by atoms with van der Waals surface area (Å²) in [5.41, 5.74) is 6.11. The van der Waals surface area contributed by atoms with Gasteiger partial charge in [0.25, 0.3) is 5.91 Å². The van der Waals surface area contributed by atoms with Gasteiger partial charge in [0.05, 0.1) is 12.2 Å². The van der Waals surface area contributed by atoms with Crippen LogP contribution < -0.4 is 11.1 Å². The molecule has 0 aliphatic carbocycles. The van der Waals surface area contributed by atoms with Crippen LogP contribution in [-0.2, 0) is 7.05 Å². The van der Waals surface area contributed by atoms with Gasteiger partial charge < -0.3 is 11.1 Å². The van der Waals surface area contributed by atoms with Gasteiger partial charge in [-0.05, 0) is 6.92 Å². The predicted octanol–water partition coefficient (Wildman–Crippen LogP) is 0.950. The maximum absolute atomic E-state index is 11.9. The second kappa shape index (κ2) is 4.54. The normalized spacial score (nSPS) is 12.4. The number of carbonyl (C=O) groups is 1. The maximum atomic E-state index is 11.9. The minimum Gasteiger partial charge on any atom is -0.383 e. The van der Waals surface area contributed by atoms with Crippen LogP contribution in [0.3, 0.4) is 0 Å². The Morgan fingerprint density at radius 1 is 1.65 bits per heavy atom. The molecule has 90 valence electrons. The highest BCUT2D eigenvalue weighted by Crippen LogP contribution is 2.16. The average Bonchev–Trinajstić information content (AvgIpc) is 2.90. The molecule has 0 saturated heterocycles. The Kier molecular flexibility index (Phi) is 3.10. The fourth-order valence-corrected chi connectivity index (χ4v) is 2.05. The summed E-state index contributed by atoms with van der Waals surface area (Å²) in [7, 11) is 1.69. The average molecular weight is 251 g/mol. The summed E-state index contributed by atoms with van der Waals surface area (Å²) in [5, 5.41) is 9.49. The summed E-state index contributed by atoms with van der Waals surface area (Å²) in [4.78, 5) is 16.1. The van der Waals surface area contributed by atoms with Crippen molar-refractivity contribution in [2.75, 3.05) is 5.73 Å². The van der Waals surface area contributed by atoms with Crippen LogP contribution in [0.5, 0.6) is 0 Å². The Balaban J connectivity index is 2.10. The van der Waals surface area contributed by atoms with Gasteiger partial charge in [-0.2, -0.15) is 5.10 Å². The molecule has 1 amide bonds. The van der Waals surface area contributed by atoms with E-state index < -0.39 is 0 Å². The standard InChI is InChI=1S/C10H13N5OS/c1-6(10-12-3-4-17-10)14-9(16)7-5-13-15(2)8(7)11/h3-6H,11H2,1-2H3,(H,14,16). The fraction of sp³-hybridized carbons (Fsp3) is 0.300. The molecule has 0 aliphatic rings. The molecule has 0 bridgehead atoms. The summed E-state index contributed by atoms with van der Waals surface area (Å²) in [6, 6.07) is -0.137. The number of anilines is 1. The zero-order valence-corrected chi connectivity index (χ0v) is 10.4. The number of hydrogen-bond acceptors (Lipinski definition) is 5. The van der Waals surface area contributed by atoms with Crippen molar-refractivity contribution in [3.05, 3.63) is 28.3 Å². The van der Waals surface area contributed by atoms with Gasteiger partial charge in [0.2, 0.25) is 0 Å². The number of amides is 1. The molecule has 2 rings (SSSR count). The molecule has 17 heavy (non-hydrogen) atoms. The van der Waals surface area contributed by atoms with Gasteiger partial charge in [-0.15, -0.1) is 11.3 Å². The number of thiazole rings is 1. The number of nitrogens with one attached hydrogen (secondary N) is 1. The van der Waals surface area contributed by atoms with Crippen molar-refractivity contribution >= 4 is 23.1 Å². The van der Waals surface area contributed by atoms with Gasteiger partial charge in [0.1, 0.15) is 16.4 Å². The molecule has 7 heteroatoms. The van der Waals surface area contributed by atoms with Crippen LogP contribution in [0.2, 0.25) is 0 Å². The minimum atomic E-state index is -0.238. The van der Waals surface area contributed by atoms with E-state index in [2.05, 4.69) is 15.4 Å². The van der Waals surface area contributed by atoms with Gasteiger partial charge in [-0.1, -0.05) is 0 Å². The van der Waals surface area contributed by atoms with Crippen molar-refractivity contribution in [2.45, 2.75) is 13.0 Å². The van der Waals surface area contributed by atoms with Gasteiger partial charge in [-0.3, -0.25) is 9.48 Å². The molecule has 0 spiro atoms. The largest absolute Gasteiger partial charge is 0.383 e. The van der Waals surface area contributed by atoms with Crippen LogP contribution in [0.1, 0.15) is 28.3 Å². The van der Waals surface area contributed by atoms with E-state index >= 15 is 0 Å². The lowest BCUT2D eigenvalue weighted by atomic mass is 10.2. The number of nitrogen functional groups attached to an aromatic ring is 1. The Morgan fingerprint density at radius 3 is 2.94 bits per heavy atom. The number of nitrogens with two attached hydrogens (primary N) is 1. The lowest BCUT2D eigenvalue weighted by Crippen LogP contribution is -2.27. The van der Waals surface area contributed by atoms with E-state index in [1.807, 2.05) is 12.3 Å². The molecular formula is C10H13N5OS. The molecule has 1 atom stereocenters. The Labute approximate surface area is 102 Å². The van der Waals surface area contributed by atoms with Crippen molar-refractivity contribution in [1.29, 1.82) is 0 Å². The summed E-state index contributed by atoms with van der Waals surface area (Å²) < 4.78 is 1.46. The smallest absolute Gasteiger partial charge is 0.257 e. The van der Waals surface area contributed by atoms with E-state index in [4.69, 9.17) is 5.73 Å². The Morgan fingerprint density at radius 2 is 2.41 bits per heavy atom. The molecular weight excluding hydrogens is 238 g/mol. The van der Waals surface area contributed by atoms with E-state index in [9.17, 15) is 4.79 Å². The van der Waals surface area contributed by atoms with Crippen LogP contribution in [0, 0.1) is 0 Å². The van der Waals surface area contributed by atoms with E-state index in [0.29, 0.717) is 11.4 Å². The predicted molar refractivity (Wildman–Crippen MR) is 65.6 cm³/mol. The molecule has 6 nitrogen and oxygen atoms in total. The monoisotopic (exact) mass is 251 g/mol. The molecule has 0 aromatic carbocycles. The zero-order valence-electron chi connectivity index (χ0n) is 9.54. The van der Waals surface area contributed by atoms with Crippen LogP contribution in [-0.4, -0.2) is 20.7 Å². The topological polar surface area (TPSA) is 85.8 Å². The fourth-order valence-electron chi connectivity index (χ4n) is 1.41. The van der Waals surface area contributed by atoms with Crippen molar-refractivity contribution in [3.8, 4) is 0 Å². The van der Waals surface area contributed by atoms with Gasteiger partial charge in [0, 0.05) is 18.6 Å². The molecule has 0 saturated carbocycles. The SMILES string of the molecule is CC(NC(=O)c1cnn(C)c1N)c1nccs1. The van der Waals surface area contributed by atoms with Crippen molar-refractivity contribution in [2.24, 2.45) is 7.05 Å². The van der Waals surface area contributed by atoms with Crippen LogP contribution in [0.25, 0.3) is 0 Å². The van der Waals surface area contributed by atoms with Crippen molar-refractivity contribution in [3.63, 3.8) is 0 Å². The second-order valence-corrected chi connectivity index (χ2v) is 4.56. The number of aryl methyl sites for hydroxylation is 1. The first-order valence-corrected chi connectivity index (χ1v) is 5.95. The molecule has 1 unspecified atom stereocenters. The zero-order chi connectivity index (χ0) is 12.4. The van der Waals surface area contributed by atoms with Crippen LogP contribution in [0.15, 0.2) is 17.8 Å². The number of aromatic nitrogens is 3. The summed E-state index contributed by atoms with van der Waals surface area (Å²) >= 11 is 1.50. The first-order valence-electron chi connectivity index (χ1n) is 5.07. The second-order valence-electron chi connectivity index (χ2n) is 3.63. The summed E-state index contributed by atoms with van der Waals surface area (Å²) in [6.45, 7) is 1.88. The van der Waals surface area contributed by atoms with E-state index in [1.54, 1.807) is 13.2 Å². The molecule has 0 aliphatic heterocycles. The minimum absolute atomic E-state index is 0.137. The van der Waals surface area contributed by atoms with Crippen molar-refractivity contribution < 1.29 is 4.79 Å². The molecule has 0 fully saturated rings. The van der Waals surface area contributed by atoms with E-state index in [-0.39, 0.29) is 11.9 Å². The highest BCUT2D eigenvalue weighted by Gasteiger charge is 2.17. The maximum Gasteiger partial charge on any atom is 0.257 e. The van der Waals surface area contributed by atoms with Gasteiger partial charge >= 0.3 is 0 Å². The Hall–Kier alpha value is -1.89. The first kappa shape index (κ1) is 11.6. The lowest BCUT2D eigenvalue weighted by Gasteiger charge is -2.10. The molecule has 3 N–H and O–H groups in total. The van der Waals surface area contributed by atoms with Gasteiger partial charge in [0.15, 0.2) is 0 Å². The number of rotatable bonds is 3. The lowest BCUT2D eigenvalue weighted by molar-refractivity contribution is 0.0940. The van der Waals surface area contributed by atoms with E-state index in [1.165, 1.54) is 22.2 Å². The number of nitrogens with zero attached hydrogens (tertiary/aromatic N) is 3. The number of hydrogen-bond donors (Lipinski definition) is 2. The third-order valence-electron chi connectivity index (χ3n) is 2.40. The van der Waals surface area contributed by atoms with E-state index in [0.717, 1.165) is 5.01 Å². The molecule has 2 aromatic rings. The molecule has 2 heterocycles. The molecule has 0 radical (unpaired) electrons. The van der Waals surface area contributed by atoms with Gasteiger partial charge in [-0.25, -0.2) is 4.98 Å². The molecule has 2 aromatic heterocycles. The third kappa shape index (κ3) is 2.28. The first-order chi connectivity index (χ1) is 8.09. The van der Waals surface area contributed by atoms with Crippen LogP contribution >= 0.6 is 11.3 Å². The van der Waals surface area contributed by atoms with Crippen molar-refractivity contribution in [1.82, 2.24) is 20.1 Å². The summed E-state index contributed by atoms with van der Waals surface area (Å²) in [5.74, 6) is 0.118. The quantitative estimate of drug-likeness (QED) is 0.850.